The summed E-state index contributed by atoms with van der Waals surface area (Å²) >= 11 is 0. The van der Waals surface area contributed by atoms with Crippen LogP contribution in [0, 0.1) is 0 Å². The predicted octanol–water partition coefficient (Wildman–Crippen LogP) is 2.05. The van der Waals surface area contributed by atoms with Crippen LogP contribution in [0.5, 0.6) is 0 Å². The van der Waals surface area contributed by atoms with Crippen molar-refractivity contribution in [3.63, 3.8) is 0 Å². The summed E-state index contributed by atoms with van der Waals surface area (Å²) in [5, 5.41) is 7.46. The lowest BCUT2D eigenvalue weighted by molar-refractivity contribution is -0.134. The van der Waals surface area contributed by atoms with Crippen molar-refractivity contribution in [3.05, 3.63) is 53.4 Å². The van der Waals surface area contributed by atoms with Crippen LogP contribution in [0.2, 0.25) is 0 Å². The second-order valence-electron chi connectivity index (χ2n) is 6.06. The highest BCUT2D eigenvalue weighted by Crippen LogP contribution is 2.28. The van der Waals surface area contributed by atoms with Crippen LogP contribution >= 0.6 is 0 Å². The number of nitrogens with zero attached hydrogens (tertiary/aromatic N) is 2. The maximum Gasteiger partial charge on any atom is 0.240 e. The third-order valence-corrected chi connectivity index (χ3v) is 4.67. The lowest BCUT2D eigenvalue weighted by atomic mass is 10.1. The van der Waals surface area contributed by atoms with Gasteiger partial charge in [0.2, 0.25) is 5.91 Å². The van der Waals surface area contributed by atoms with Crippen LogP contribution < -0.4 is 5.32 Å². The Morgan fingerprint density at radius 3 is 3.00 bits per heavy atom. The average Bonchev–Trinajstić information content (AvgIpc) is 3.23. The fourth-order valence-electron chi connectivity index (χ4n) is 3.43. The summed E-state index contributed by atoms with van der Waals surface area (Å²) in [5.74, 6) is 0.199. The van der Waals surface area contributed by atoms with E-state index < -0.39 is 0 Å². The van der Waals surface area contributed by atoms with Gasteiger partial charge in [0.25, 0.3) is 0 Å². The van der Waals surface area contributed by atoms with E-state index in [1.807, 2.05) is 23.1 Å². The number of amides is 1. The smallest absolute Gasteiger partial charge is 0.240 e. The predicted molar refractivity (Wildman–Crippen MR) is 81.0 cm³/mol. The Morgan fingerprint density at radius 2 is 2.14 bits per heavy atom. The molecule has 1 amide bonds. The summed E-state index contributed by atoms with van der Waals surface area (Å²) in [6.07, 6.45) is 4.34. The molecule has 22 heavy (non-hydrogen) atoms. The Hall–Kier alpha value is -2.14. The number of nitrogens with one attached hydrogen (secondary N) is 1. The van der Waals surface area contributed by atoms with Crippen LogP contribution in [-0.4, -0.2) is 28.6 Å². The number of fused-ring (bicyclic) bond motifs is 1. The minimum Gasteiger partial charge on any atom is -0.364 e. The molecular formula is C17H19N3O2. The molecule has 2 atom stereocenters. The van der Waals surface area contributed by atoms with E-state index in [1.165, 1.54) is 5.56 Å². The van der Waals surface area contributed by atoms with Gasteiger partial charge in [0, 0.05) is 24.6 Å². The molecule has 1 fully saturated rings. The molecule has 1 aromatic carbocycles. The summed E-state index contributed by atoms with van der Waals surface area (Å²) < 4.78 is 4.99. The van der Waals surface area contributed by atoms with Gasteiger partial charge in [-0.3, -0.25) is 10.1 Å². The number of hydrogen-bond donors (Lipinski definition) is 1. The van der Waals surface area contributed by atoms with Crippen molar-refractivity contribution in [2.75, 3.05) is 6.54 Å². The SMILES string of the molecule is O=C([C@H]1CC[C@H](c2ccccc2)N1)N1CCc2nocc2C1. The van der Waals surface area contributed by atoms with E-state index in [1.54, 1.807) is 6.26 Å². The minimum absolute atomic E-state index is 0.0772. The van der Waals surface area contributed by atoms with E-state index in [4.69, 9.17) is 4.52 Å². The van der Waals surface area contributed by atoms with Crippen LogP contribution in [0.15, 0.2) is 41.1 Å². The molecule has 0 bridgehead atoms. The standard InChI is InChI=1S/C17H19N3O2/c21-17(20-9-8-15-13(10-20)11-22-19-15)16-7-6-14(18-16)12-4-2-1-3-5-12/h1-5,11,14,16,18H,6-10H2/t14-,16-/m1/s1. The number of carbonyl (C=O) groups excluding carboxylic acids is 1. The van der Waals surface area contributed by atoms with Crippen LogP contribution in [0.4, 0.5) is 0 Å². The molecular weight excluding hydrogens is 278 g/mol. The Morgan fingerprint density at radius 1 is 1.27 bits per heavy atom. The van der Waals surface area contributed by atoms with Gasteiger partial charge < -0.3 is 9.42 Å². The quantitative estimate of drug-likeness (QED) is 0.921. The first-order valence-corrected chi connectivity index (χ1v) is 7.83. The number of carbonyl (C=O) groups is 1. The highest BCUT2D eigenvalue weighted by molar-refractivity contribution is 5.82. The van der Waals surface area contributed by atoms with Gasteiger partial charge in [-0.25, -0.2) is 0 Å². The first kappa shape index (κ1) is 13.5. The highest BCUT2D eigenvalue weighted by Gasteiger charge is 2.34. The van der Waals surface area contributed by atoms with Crippen molar-refractivity contribution in [1.29, 1.82) is 0 Å². The monoisotopic (exact) mass is 297 g/mol. The van der Waals surface area contributed by atoms with Crippen LogP contribution in [0.1, 0.15) is 35.7 Å². The Kier molecular flexibility index (Phi) is 3.42. The van der Waals surface area contributed by atoms with E-state index in [2.05, 4.69) is 22.6 Å². The van der Waals surface area contributed by atoms with E-state index in [0.717, 1.165) is 37.1 Å². The molecule has 1 saturated heterocycles. The molecule has 1 N–H and O–H groups in total. The molecule has 2 aliphatic rings. The van der Waals surface area contributed by atoms with Gasteiger partial charge in [-0.1, -0.05) is 35.5 Å². The molecule has 2 aromatic rings. The minimum atomic E-state index is -0.0772. The third kappa shape index (κ3) is 2.41. The first-order chi connectivity index (χ1) is 10.8. The zero-order chi connectivity index (χ0) is 14.9. The van der Waals surface area contributed by atoms with Gasteiger partial charge in [-0.05, 0) is 18.4 Å². The molecule has 2 aliphatic heterocycles. The topological polar surface area (TPSA) is 58.4 Å². The third-order valence-electron chi connectivity index (χ3n) is 4.67. The molecule has 0 radical (unpaired) electrons. The van der Waals surface area contributed by atoms with E-state index in [0.29, 0.717) is 6.54 Å². The molecule has 3 heterocycles. The summed E-state index contributed by atoms with van der Waals surface area (Å²) in [4.78, 5) is 14.6. The van der Waals surface area contributed by atoms with Crippen molar-refractivity contribution in [2.45, 2.75) is 37.9 Å². The Labute approximate surface area is 129 Å². The Balaban J connectivity index is 1.42. The maximum absolute atomic E-state index is 12.7. The van der Waals surface area contributed by atoms with Gasteiger partial charge in [0.1, 0.15) is 6.26 Å². The zero-order valence-corrected chi connectivity index (χ0v) is 12.4. The van der Waals surface area contributed by atoms with Crippen molar-refractivity contribution in [1.82, 2.24) is 15.4 Å². The number of rotatable bonds is 2. The van der Waals surface area contributed by atoms with Gasteiger partial charge in [0.15, 0.2) is 0 Å². The molecule has 114 valence electrons. The maximum atomic E-state index is 12.7. The highest BCUT2D eigenvalue weighted by atomic mass is 16.5. The second-order valence-corrected chi connectivity index (χ2v) is 6.06. The van der Waals surface area contributed by atoms with E-state index in [-0.39, 0.29) is 18.0 Å². The van der Waals surface area contributed by atoms with Gasteiger partial charge in [-0.15, -0.1) is 0 Å². The Bertz CT molecular complexity index is 668. The fourth-order valence-corrected chi connectivity index (χ4v) is 3.43. The zero-order valence-electron chi connectivity index (χ0n) is 12.4. The van der Waals surface area contributed by atoms with E-state index in [9.17, 15) is 4.79 Å². The molecule has 1 aromatic heterocycles. The average molecular weight is 297 g/mol. The van der Waals surface area contributed by atoms with Crippen LogP contribution in [0.25, 0.3) is 0 Å². The lowest BCUT2D eigenvalue weighted by Gasteiger charge is -2.28. The van der Waals surface area contributed by atoms with Gasteiger partial charge >= 0.3 is 0 Å². The summed E-state index contributed by atoms with van der Waals surface area (Å²) in [7, 11) is 0. The van der Waals surface area contributed by atoms with Gasteiger partial charge in [0.05, 0.1) is 18.3 Å². The lowest BCUT2D eigenvalue weighted by Crippen LogP contribution is -2.45. The van der Waals surface area contributed by atoms with Gasteiger partial charge in [-0.2, -0.15) is 0 Å². The molecule has 0 spiro atoms. The van der Waals surface area contributed by atoms with Crippen molar-refractivity contribution >= 4 is 5.91 Å². The number of hydrogen-bond acceptors (Lipinski definition) is 4. The molecule has 5 nitrogen and oxygen atoms in total. The summed E-state index contributed by atoms with van der Waals surface area (Å²) in [6.45, 7) is 1.35. The number of benzene rings is 1. The van der Waals surface area contributed by atoms with Crippen LogP contribution in [0.3, 0.4) is 0 Å². The van der Waals surface area contributed by atoms with Crippen molar-refractivity contribution < 1.29 is 9.32 Å². The summed E-state index contributed by atoms with van der Waals surface area (Å²) in [5.41, 5.74) is 3.29. The molecule has 0 aliphatic carbocycles. The molecule has 4 rings (SSSR count). The first-order valence-electron chi connectivity index (χ1n) is 7.83. The van der Waals surface area contributed by atoms with E-state index >= 15 is 0 Å². The molecule has 0 unspecified atom stereocenters. The summed E-state index contributed by atoms with van der Waals surface area (Å²) in [6, 6.07) is 10.6. The van der Waals surface area contributed by atoms with Crippen molar-refractivity contribution in [2.24, 2.45) is 0 Å². The molecule has 5 heteroatoms. The largest absolute Gasteiger partial charge is 0.364 e. The van der Waals surface area contributed by atoms with Crippen molar-refractivity contribution in [3.8, 4) is 0 Å². The fraction of sp³-hybridized carbons (Fsp3) is 0.412. The number of aromatic nitrogens is 1. The van der Waals surface area contributed by atoms with Crippen LogP contribution in [-0.2, 0) is 17.8 Å². The molecule has 0 saturated carbocycles. The normalized spacial score (nSPS) is 24.3. The second kappa shape index (κ2) is 5.57.